The number of amides is 1. The van der Waals surface area contributed by atoms with Crippen LogP contribution in [0.2, 0.25) is 5.02 Å². The lowest BCUT2D eigenvalue weighted by Crippen LogP contribution is -2.45. The summed E-state index contributed by atoms with van der Waals surface area (Å²) in [5.41, 5.74) is 0.179. The minimum absolute atomic E-state index is 0.000340. The highest BCUT2D eigenvalue weighted by Gasteiger charge is 2.33. The van der Waals surface area contributed by atoms with Gasteiger partial charge in [0.05, 0.1) is 36.7 Å². The van der Waals surface area contributed by atoms with E-state index in [9.17, 15) is 21.6 Å². The fourth-order valence-corrected chi connectivity index (χ4v) is 6.76. The molecule has 1 N–H and O–H groups in total. The lowest BCUT2D eigenvalue weighted by atomic mass is 10.2. The van der Waals surface area contributed by atoms with E-state index in [-0.39, 0.29) is 32.8 Å². The largest absolute Gasteiger partial charge is 0.495 e. The minimum Gasteiger partial charge on any atom is -0.495 e. The predicted octanol–water partition coefficient (Wildman–Crippen LogP) is 2.93. The van der Waals surface area contributed by atoms with Crippen LogP contribution in [0.5, 0.6) is 11.5 Å². The normalized spacial score (nSPS) is 15.5. The second kappa shape index (κ2) is 10.6. The van der Waals surface area contributed by atoms with E-state index in [0.29, 0.717) is 13.1 Å². The van der Waals surface area contributed by atoms with Crippen LogP contribution in [0.15, 0.2) is 41.3 Å². The van der Waals surface area contributed by atoms with Gasteiger partial charge in [0.2, 0.25) is 26.0 Å². The molecular formula is C22H28ClN3O7S2. The van der Waals surface area contributed by atoms with Gasteiger partial charge >= 0.3 is 0 Å². The van der Waals surface area contributed by atoms with Gasteiger partial charge in [-0.15, -0.1) is 0 Å². The van der Waals surface area contributed by atoms with Gasteiger partial charge in [0.15, 0.2) is 0 Å². The molecule has 0 radical (unpaired) electrons. The summed E-state index contributed by atoms with van der Waals surface area (Å²) in [5.74, 6) is -0.292. The number of carbonyl (C=O) groups is 1. The van der Waals surface area contributed by atoms with Gasteiger partial charge < -0.3 is 14.8 Å². The molecule has 0 aromatic heterocycles. The molecule has 0 aliphatic carbocycles. The maximum absolute atomic E-state index is 13.2. The zero-order valence-electron chi connectivity index (χ0n) is 19.8. The van der Waals surface area contributed by atoms with Crippen molar-refractivity contribution in [2.45, 2.75) is 30.7 Å². The Kier molecular flexibility index (Phi) is 8.20. The Morgan fingerprint density at radius 3 is 2.20 bits per heavy atom. The van der Waals surface area contributed by atoms with Gasteiger partial charge in [-0.1, -0.05) is 11.6 Å². The van der Waals surface area contributed by atoms with E-state index in [4.69, 9.17) is 21.1 Å². The van der Waals surface area contributed by atoms with E-state index >= 15 is 0 Å². The molecule has 3 rings (SSSR count). The minimum atomic E-state index is -3.96. The molecule has 1 heterocycles. The topological polar surface area (TPSA) is 122 Å². The standard InChI is InChI=1S/C22H28ClN3O7S2/c1-15(26(34(4,28)29)19-13-16(23)7-9-21(19)33-3)22(27)24-18-14-17(8-10-20(18)32-2)35(30,31)25-11-5-6-12-25/h7-10,13-15H,5-6,11-12H2,1-4H3,(H,24,27). The third-order valence-electron chi connectivity index (χ3n) is 5.60. The van der Waals surface area contributed by atoms with Crippen molar-refractivity contribution >= 4 is 48.9 Å². The lowest BCUT2D eigenvalue weighted by Gasteiger charge is -2.29. The van der Waals surface area contributed by atoms with Crippen LogP contribution in [-0.2, 0) is 24.8 Å². The van der Waals surface area contributed by atoms with Gasteiger partial charge in [0.1, 0.15) is 17.5 Å². The van der Waals surface area contributed by atoms with E-state index in [1.165, 1.54) is 61.8 Å². The molecule has 1 fully saturated rings. The summed E-state index contributed by atoms with van der Waals surface area (Å²) in [5, 5.41) is 2.87. The first-order valence-corrected chi connectivity index (χ1v) is 14.4. The van der Waals surface area contributed by atoms with Crippen LogP contribution in [0.4, 0.5) is 11.4 Å². The number of hydrogen-bond acceptors (Lipinski definition) is 7. The molecule has 0 bridgehead atoms. The van der Waals surface area contributed by atoms with Gasteiger partial charge in [-0.2, -0.15) is 4.31 Å². The van der Waals surface area contributed by atoms with Crippen molar-refractivity contribution in [1.82, 2.24) is 4.31 Å². The third kappa shape index (κ3) is 5.83. The first-order chi connectivity index (χ1) is 16.4. The number of halogens is 1. The molecule has 35 heavy (non-hydrogen) atoms. The first-order valence-electron chi connectivity index (χ1n) is 10.7. The van der Waals surface area contributed by atoms with Crippen LogP contribution in [0.3, 0.4) is 0 Å². The van der Waals surface area contributed by atoms with Gasteiger partial charge in [-0.05, 0) is 56.2 Å². The van der Waals surface area contributed by atoms with E-state index < -0.39 is 32.0 Å². The monoisotopic (exact) mass is 545 g/mol. The molecule has 2 aromatic rings. The highest BCUT2D eigenvalue weighted by atomic mass is 35.5. The summed E-state index contributed by atoms with van der Waals surface area (Å²) in [6.45, 7) is 2.25. The first kappa shape index (κ1) is 27.1. The Hall–Kier alpha value is -2.54. The van der Waals surface area contributed by atoms with Crippen LogP contribution in [0.25, 0.3) is 0 Å². The van der Waals surface area contributed by atoms with Gasteiger partial charge in [-0.25, -0.2) is 16.8 Å². The Morgan fingerprint density at radius 1 is 1.03 bits per heavy atom. The van der Waals surface area contributed by atoms with E-state index in [1.54, 1.807) is 0 Å². The number of sulfonamides is 2. The van der Waals surface area contributed by atoms with E-state index in [2.05, 4.69) is 5.32 Å². The maximum atomic E-state index is 13.2. The molecule has 192 valence electrons. The second-order valence-electron chi connectivity index (χ2n) is 8.01. The number of ether oxygens (including phenoxy) is 2. The van der Waals surface area contributed by atoms with Crippen molar-refractivity contribution in [2.75, 3.05) is 43.2 Å². The number of hydrogen-bond donors (Lipinski definition) is 1. The quantitative estimate of drug-likeness (QED) is 0.514. The lowest BCUT2D eigenvalue weighted by molar-refractivity contribution is -0.116. The average Bonchev–Trinajstić information content (AvgIpc) is 3.34. The molecule has 1 aliphatic rings. The second-order valence-corrected chi connectivity index (χ2v) is 12.2. The molecular weight excluding hydrogens is 518 g/mol. The summed E-state index contributed by atoms with van der Waals surface area (Å²) in [6.07, 6.45) is 2.52. The summed E-state index contributed by atoms with van der Waals surface area (Å²) in [7, 11) is -4.96. The van der Waals surface area contributed by atoms with Crippen molar-refractivity contribution in [1.29, 1.82) is 0 Å². The zero-order valence-corrected chi connectivity index (χ0v) is 22.2. The van der Waals surface area contributed by atoms with Crippen LogP contribution >= 0.6 is 11.6 Å². The van der Waals surface area contributed by atoms with Gasteiger partial charge in [0.25, 0.3) is 0 Å². The molecule has 0 spiro atoms. The van der Waals surface area contributed by atoms with Crippen molar-refractivity contribution < 1.29 is 31.1 Å². The number of anilines is 2. The van der Waals surface area contributed by atoms with Crippen molar-refractivity contribution in [3.63, 3.8) is 0 Å². The molecule has 13 heteroatoms. The fourth-order valence-electron chi connectivity index (χ4n) is 3.88. The van der Waals surface area contributed by atoms with Crippen molar-refractivity contribution in [3.8, 4) is 11.5 Å². The Labute approximate surface area is 210 Å². The molecule has 0 saturated carbocycles. The summed E-state index contributed by atoms with van der Waals surface area (Å²) >= 11 is 6.08. The van der Waals surface area contributed by atoms with E-state index in [0.717, 1.165) is 23.4 Å². The smallest absolute Gasteiger partial charge is 0.248 e. The molecule has 1 aliphatic heterocycles. The predicted molar refractivity (Wildman–Crippen MR) is 134 cm³/mol. The highest BCUT2D eigenvalue weighted by Crippen LogP contribution is 2.35. The highest BCUT2D eigenvalue weighted by molar-refractivity contribution is 7.92. The van der Waals surface area contributed by atoms with Gasteiger partial charge in [-0.3, -0.25) is 9.10 Å². The number of rotatable bonds is 9. The Balaban J connectivity index is 1.98. The summed E-state index contributed by atoms with van der Waals surface area (Å²) < 4.78 is 64.2. The number of carbonyl (C=O) groups excluding carboxylic acids is 1. The van der Waals surface area contributed by atoms with Crippen molar-refractivity contribution in [3.05, 3.63) is 41.4 Å². The number of benzene rings is 2. The van der Waals surface area contributed by atoms with Crippen LogP contribution in [0, 0.1) is 0 Å². The average molecular weight is 546 g/mol. The van der Waals surface area contributed by atoms with Crippen molar-refractivity contribution in [2.24, 2.45) is 0 Å². The maximum Gasteiger partial charge on any atom is 0.248 e. The van der Waals surface area contributed by atoms with Gasteiger partial charge in [0, 0.05) is 18.1 Å². The van der Waals surface area contributed by atoms with Crippen LogP contribution in [-0.4, -0.2) is 66.7 Å². The molecule has 1 unspecified atom stereocenters. The molecule has 1 atom stereocenters. The SMILES string of the molecule is COc1ccc(S(=O)(=O)N2CCCC2)cc1NC(=O)C(C)N(c1cc(Cl)ccc1OC)S(C)(=O)=O. The number of nitrogens with zero attached hydrogens (tertiary/aromatic N) is 2. The number of methoxy groups -OCH3 is 2. The van der Waals surface area contributed by atoms with Crippen LogP contribution < -0.4 is 19.1 Å². The Bertz CT molecular complexity index is 1310. The number of nitrogens with one attached hydrogen (secondary N) is 1. The molecule has 1 saturated heterocycles. The molecule has 10 nitrogen and oxygen atoms in total. The fraction of sp³-hybridized carbons (Fsp3) is 0.409. The molecule has 2 aromatic carbocycles. The third-order valence-corrected chi connectivity index (χ3v) is 8.96. The van der Waals surface area contributed by atoms with Crippen LogP contribution in [0.1, 0.15) is 19.8 Å². The summed E-state index contributed by atoms with van der Waals surface area (Å²) in [4.78, 5) is 13.2. The molecule has 1 amide bonds. The van der Waals surface area contributed by atoms with E-state index in [1.807, 2.05) is 0 Å². The Morgan fingerprint density at radius 2 is 1.63 bits per heavy atom. The summed E-state index contributed by atoms with van der Waals surface area (Å²) in [6, 6.07) is 7.32. The zero-order chi connectivity index (χ0) is 26.0.